The Morgan fingerprint density at radius 2 is 1.35 bits per heavy atom. The highest BCUT2D eigenvalue weighted by atomic mass is 35.5. The third kappa shape index (κ3) is 15.5. The number of nitrogens with two attached hydrogens (primary N) is 1. The molecule has 20 nitrogen and oxygen atoms in total. The van der Waals surface area contributed by atoms with Crippen LogP contribution < -0.4 is 21.3 Å². The van der Waals surface area contributed by atoms with Crippen molar-refractivity contribution in [2.24, 2.45) is 5.73 Å². The van der Waals surface area contributed by atoms with Gasteiger partial charge in [0.25, 0.3) is 5.91 Å². The first-order valence-electron chi connectivity index (χ1n) is 27.4. The second kappa shape index (κ2) is 28.3. The number of likely N-dealkylation sites (tertiary alicyclic amines) is 2. The van der Waals surface area contributed by atoms with Gasteiger partial charge in [-0.05, 0) is 119 Å². The van der Waals surface area contributed by atoms with E-state index in [0.29, 0.717) is 37.8 Å². The molecule has 11 rings (SSSR count). The number of hydrogen-bond acceptors (Lipinski definition) is 17. The summed E-state index contributed by atoms with van der Waals surface area (Å²) in [5, 5.41) is 16.8. The predicted octanol–water partition coefficient (Wildman–Crippen LogP) is 10.4. The van der Waals surface area contributed by atoms with Crippen LogP contribution in [-0.2, 0) is 30.9 Å². The van der Waals surface area contributed by atoms with Crippen molar-refractivity contribution < 1.29 is 18.3 Å². The number of hydrogen-bond donors (Lipinski definition) is 3. The Morgan fingerprint density at radius 3 is 2.00 bits per heavy atom. The molecule has 0 bridgehead atoms. The highest BCUT2D eigenvalue weighted by Crippen LogP contribution is 2.34. The summed E-state index contributed by atoms with van der Waals surface area (Å²) in [6, 6.07) is 8.90. The zero-order chi connectivity index (χ0) is 55.8. The number of aryl methyl sites for hydroxylation is 2. The van der Waals surface area contributed by atoms with Gasteiger partial charge in [-0.1, -0.05) is 38.5 Å². The predicted molar refractivity (Wildman–Crippen MR) is 327 cm³/mol. The minimum atomic E-state index is -1.21. The van der Waals surface area contributed by atoms with E-state index in [1.54, 1.807) is 17.1 Å². The molecule has 0 radical (unpaired) electrons. The Hall–Kier alpha value is -6.29. The van der Waals surface area contributed by atoms with Crippen molar-refractivity contribution in [2.75, 3.05) is 62.8 Å². The largest absolute Gasteiger partial charge is 0.361 e. The lowest BCUT2D eigenvalue weighted by Crippen LogP contribution is -2.29. The lowest BCUT2D eigenvalue weighted by atomic mass is 10.1. The third-order valence-corrected chi connectivity index (χ3v) is 17.3. The van der Waals surface area contributed by atoms with Crippen LogP contribution in [0.15, 0.2) is 79.9 Å². The molecule has 9 aromatic rings. The number of nitrogens with one attached hydrogen (secondary N) is 2. The molecular weight excluding hydrogens is 1150 g/mol. The second-order valence-electron chi connectivity index (χ2n) is 21.7. The Bertz CT molecular complexity index is 3530. The van der Waals surface area contributed by atoms with Crippen molar-refractivity contribution in [1.82, 2.24) is 72.2 Å². The highest BCUT2D eigenvalue weighted by molar-refractivity contribution is 7.10. The van der Waals surface area contributed by atoms with Gasteiger partial charge in [0.1, 0.15) is 16.7 Å². The van der Waals surface area contributed by atoms with Gasteiger partial charge in [0.05, 0.1) is 77.6 Å². The second-order valence-corrected chi connectivity index (χ2v) is 28.9. The fraction of sp³-hybridized carbons (Fsp3) is 0.436. The zero-order valence-electron chi connectivity index (χ0n) is 46.9. The van der Waals surface area contributed by atoms with Crippen molar-refractivity contribution in [3.05, 3.63) is 120 Å². The van der Waals surface area contributed by atoms with Gasteiger partial charge in [-0.2, -0.15) is 18.9 Å². The molecular formula is C55H72Cl2F2N18O2S2Si. The van der Waals surface area contributed by atoms with E-state index in [-0.39, 0.29) is 36.9 Å². The number of halogens is 4. The molecule has 4 N–H and O–H groups in total. The van der Waals surface area contributed by atoms with Gasteiger partial charge in [0.15, 0.2) is 34.6 Å². The fourth-order valence-electron chi connectivity index (χ4n) is 9.84. The van der Waals surface area contributed by atoms with E-state index in [0.717, 1.165) is 125 Å². The van der Waals surface area contributed by atoms with Gasteiger partial charge in [-0.25, -0.2) is 28.7 Å². The van der Waals surface area contributed by atoms with E-state index in [1.165, 1.54) is 73.7 Å². The smallest absolute Gasteiger partial charge is 0.254 e. The molecule has 0 spiro atoms. The minimum Gasteiger partial charge on any atom is -0.361 e. The maximum absolute atomic E-state index is 13.9. The molecule has 10 heterocycles. The fourth-order valence-corrected chi connectivity index (χ4v) is 12.0. The zero-order valence-corrected chi connectivity index (χ0v) is 51.2. The van der Waals surface area contributed by atoms with Crippen molar-refractivity contribution in [3.8, 4) is 22.5 Å². The first kappa shape index (κ1) is 61.8. The van der Waals surface area contributed by atoms with Gasteiger partial charge in [-0.15, -0.1) is 24.8 Å². The van der Waals surface area contributed by atoms with Crippen molar-refractivity contribution in [3.63, 3.8) is 0 Å². The van der Waals surface area contributed by atoms with Crippen LogP contribution in [0.25, 0.3) is 33.8 Å². The molecule has 82 heavy (non-hydrogen) atoms. The number of carbonyl (C=O) groups is 1. The molecule has 0 aliphatic carbocycles. The van der Waals surface area contributed by atoms with Crippen LogP contribution in [0.1, 0.15) is 71.7 Å². The van der Waals surface area contributed by atoms with E-state index >= 15 is 0 Å². The molecule has 2 aliphatic heterocycles. The number of rotatable bonds is 21. The topological polar surface area (TPSA) is 208 Å². The molecule has 438 valence electrons. The van der Waals surface area contributed by atoms with E-state index in [9.17, 15) is 13.6 Å². The minimum absolute atomic E-state index is 0. The van der Waals surface area contributed by atoms with E-state index in [2.05, 4.69) is 81.1 Å². The SMILES string of the molecule is Cc1cn2c(-c3cnn(CCN)c3)cnc2c(N(COCC[Si](C)(C)C)c2cc(CN3CCCCC3)ns2)n1.Cc1cn2c(-c3cnn(CCNC(=O)c4cccc(F)c4F)c3)cnc2c(Nc2cc(CN3CCCCC3)ns2)n1.Cl.Cl. The summed E-state index contributed by atoms with van der Waals surface area (Å²) in [5.41, 5.74) is 14.3. The lowest BCUT2D eigenvalue weighted by Gasteiger charge is -2.25. The molecule has 0 saturated carbocycles. The van der Waals surface area contributed by atoms with Gasteiger partial charge in [-0.3, -0.25) is 37.7 Å². The summed E-state index contributed by atoms with van der Waals surface area (Å²) in [7, 11) is -1.21. The maximum Gasteiger partial charge on any atom is 0.254 e. The van der Waals surface area contributed by atoms with Crippen LogP contribution >= 0.6 is 47.9 Å². The summed E-state index contributed by atoms with van der Waals surface area (Å²) in [4.78, 5) is 38.5. The monoisotopic (exact) mass is 1220 g/mol. The van der Waals surface area contributed by atoms with Gasteiger partial charge in [0, 0.05) is 76.8 Å². The number of carbonyl (C=O) groups excluding carboxylic acids is 1. The lowest BCUT2D eigenvalue weighted by molar-refractivity contribution is 0.0946. The number of nitrogens with zero attached hydrogens (tertiary/aromatic N) is 15. The number of fused-ring (bicyclic) bond motifs is 2. The van der Waals surface area contributed by atoms with Crippen LogP contribution in [-0.4, -0.2) is 133 Å². The molecule has 0 atom stereocenters. The highest BCUT2D eigenvalue weighted by Gasteiger charge is 2.24. The summed E-state index contributed by atoms with van der Waals surface area (Å²) in [6.07, 6.45) is 22.7. The van der Waals surface area contributed by atoms with Crippen LogP contribution in [0, 0.1) is 25.5 Å². The van der Waals surface area contributed by atoms with Gasteiger partial charge >= 0.3 is 0 Å². The molecule has 1 amide bonds. The number of aromatic nitrogens is 12. The number of anilines is 4. The Morgan fingerprint density at radius 1 is 0.756 bits per heavy atom. The van der Waals surface area contributed by atoms with Crippen molar-refractivity contribution in [1.29, 1.82) is 0 Å². The van der Waals surface area contributed by atoms with Crippen molar-refractivity contribution >= 4 is 94.8 Å². The average molecular weight is 1220 g/mol. The van der Waals surface area contributed by atoms with Crippen LogP contribution in [0.3, 0.4) is 0 Å². The van der Waals surface area contributed by atoms with E-state index in [1.807, 2.05) is 60.1 Å². The number of imidazole rings is 2. The quantitative estimate of drug-likeness (QED) is 0.0347. The first-order chi connectivity index (χ1) is 38.7. The average Bonchev–Trinajstić information content (AvgIpc) is 4.43. The molecule has 1 aromatic carbocycles. The maximum atomic E-state index is 13.9. The molecule has 0 unspecified atom stereocenters. The third-order valence-electron chi connectivity index (χ3n) is 14.0. The number of piperidine rings is 2. The normalized spacial score (nSPS) is 14.1. The number of ether oxygens (including phenoxy) is 1. The number of benzene rings is 1. The standard InChI is InChI=1S/C28H29F2N9OS.C27H41N9OSSi.2ClH/c1-18-15-39-23(19-13-33-38(16-19)11-8-31-28(40)21-6-5-7-22(29)25(21)30)14-32-27(39)26(34-18)35-24-12-20(36-41-24)17-37-9-3-2-4-10-37;1-21-17-35-24(22-15-30-34(18-22)11-8-28)16-29-26(35)27(31-21)36(20-37-12-13-39(2,3)4)25-14-23(32-38-25)19-33-9-6-5-7-10-33;;/h5-7,12-16H,2-4,8-11,17H2,1H3,(H,31,40)(H,34,35);14-18H,5-13,19-20,28H2,1-4H3;2*1H. The Labute approximate surface area is 497 Å². The summed E-state index contributed by atoms with van der Waals surface area (Å²) in [5.74, 6) is -1.48. The summed E-state index contributed by atoms with van der Waals surface area (Å²) < 4.78 is 50.7. The molecule has 27 heteroatoms. The molecule has 2 fully saturated rings. The summed E-state index contributed by atoms with van der Waals surface area (Å²) in [6.45, 7) is 20.2. The van der Waals surface area contributed by atoms with E-state index < -0.39 is 25.6 Å². The molecule has 2 saturated heterocycles. The first-order valence-corrected chi connectivity index (χ1v) is 32.7. The van der Waals surface area contributed by atoms with Gasteiger partial charge in [0.2, 0.25) is 0 Å². The molecule has 2 aliphatic rings. The van der Waals surface area contributed by atoms with Crippen LogP contribution in [0.2, 0.25) is 25.7 Å². The van der Waals surface area contributed by atoms with Crippen LogP contribution in [0.5, 0.6) is 0 Å². The van der Waals surface area contributed by atoms with Crippen LogP contribution in [0.4, 0.5) is 30.4 Å². The number of amides is 1. The Balaban J connectivity index is 0.000000210. The van der Waals surface area contributed by atoms with E-state index in [4.69, 9.17) is 29.8 Å². The summed E-state index contributed by atoms with van der Waals surface area (Å²) >= 11 is 2.92. The van der Waals surface area contributed by atoms with Gasteiger partial charge < -0.3 is 21.1 Å². The molecule has 8 aromatic heterocycles. The van der Waals surface area contributed by atoms with Crippen molar-refractivity contribution in [2.45, 2.75) is 104 Å². The Kier molecular flexibility index (Phi) is 21.3.